The van der Waals surface area contributed by atoms with Crippen LogP contribution >= 0.6 is 0 Å². The van der Waals surface area contributed by atoms with Crippen molar-refractivity contribution in [3.8, 4) is 0 Å². The predicted molar refractivity (Wildman–Crippen MR) is 87.9 cm³/mol. The number of piperidine rings is 1. The zero-order chi connectivity index (χ0) is 17.0. The van der Waals surface area contributed by atoms with Crippen LogP contribution in [-0.4, -0.2) is 43.0 Å². The number of rotatable bonds is 4. The molecule has 0 unspecified atom stereocenters. The summed E-state index contributed by atoms with van der Waals surface area (Å²) in [7, 11) is 1.65. The van der Waals surface area contributed by atoms with Crippen molar-refractivity contribution in [1.29, 1.82) is 0 Å². The van der Waals surface area contributed by atoms with Crippen molar-refractivity contribution < 1.29 is 14.0 Å². The van der Waals surface area contributed by atoms with E-state index in [2.05, 4.69) is 11.9 Å². The number of hydrogen-bond acceptors (Lipinski definition) is 2. The lowest BCUT2D eigenvalue weighted by Gasteiger charge is -2.34. The maximum Gasteiger partial charge on any atom is 0.318 e. The molecule has 0 radical (unpaired) electrons. The first-order valence-electron chi connectivity index (χ1n) is 7.64. The molecule has 1 fully saturated rings. The topological polar surface area (TPSA) is 52.7 Å². The molecule has 1 aliphatic rings. The van der Waals surface area contributed by atoms with E-state index in [1.807, 2.05) is 0 Å². The lowest BCUT2D eigenvalue weighted by atomic mass is 10.0. The van der Waals surface area contributed by atoms with Crippen molar-refractivity contribution in [2.75, 3.05) is 25.0 Å². The van der Waals surface area contributed by atoms with Crippen molar-refractivity contribution in [2.45, 2.75) is 25.8 Å². The summed E-state index contributed by atoms with van der Waals surface area (Å²) in [5.41, 5.74) is 1.39. The third-order valence-electron chi connectivity index (χ3n) is 3.94. The first-order chi connectivity index (χ1) is 10.9. The van der Waals surface area contributed by atoms with E-state index in [1.54, 1.807) is 31.0 Å². The van der Waals surface area contributed by atoms with E-state index >= 15 is 0 Å². The minimum atomic E-state index is -0.562. The first kappa shape index (κ1) is 17.0. The van der Waals surface area contributed by atoms with Crippen molar-refractivity contribution in [2.24, 2.45) is 0 Å². The van der Waals surface area contributed by atoms with Gasteiger partial charge in [0.2, 0.25) is 5.91 Å². The lowest BCUT2D eigenvalue weighted by Crippen LogP contribution is -2.54. The van der Waals surface area contributed by atoms with Gasteiger partial charge in [0.15, 0.2) is 0 Å². The van der Waals surface area contributed by atoms with Crippen LogP contribution in [0, 0.1) is 12.7 Å². The molecular formula is C17H22FN3O2. The number of carbonyl (C=O) groups excluding carboxylic acids is 2. The molecule has 0 aliphatic carbocycles. The SMILES string of the molecule is C=CCN(C)C(=O)N[C@@H]1CCCN(c2ccc(F)cc2C)C1=O. The van der Waals surface area contributed by atoms with E-state index in [1.165, 1.54) is 17.0 Å². The van der Waals surface area contributed by atoms with Crippen molar-refractivity contribution in [3.05, 3.63) is 42.2 Å². The molecule has 1 aromatic rings. The van der Waals surface area contributed by atoms with Gasteiger partial charge in [-0.3, -0.25) is 4.79 Å². The number of carbonyl (C=O) groups is 2. The van der Waals surface area contributed by atoms with Crippen LogP contribution in [0.1, 0.15) is 18.4 Å². The van der Waals surface area contributed by atoms with E-state index in [0.717, 1.165) is 6.42 Å². The summed E-state index contributed by atoms with van der Waals surface area (Å²) in [6.07, 6.45) is 3.00. The Morgan fingerprint density at radius 3 is 2.96 bits per heavy atom. The molecule has 6 heteroatoms. The van der Waals surface area contributed by atoms with Gasteiger partial charge < -0.3 is 15.1 Å². The number of benzene rings is 1. The minimum Gasteiger partial charge on any atom is -0.326 e. The number of urea groups is 1. The second kappa shape index (κ2) is 7.26. The Morgan fingerprint density at radius 2 is 2.30 bits per heavy atom. The number of aryl methyl sites for hydroxylation is 1. The quantitative estimate of drug-likeness (QED) is 0.867. The van der Waals surface area contributed by atoms with Gasteiger partial charge in [-0.1, -0.05) is 6.08 Å². The van der Waals surface area contributed by atoms with E-state index in [9.17, 15) is 14.0 Å². The summed E-state index contributed by atoms with van der Waals surface area (Å²) >= 11 is 0. The molecule has 1 N–H and O–H groups in total. The Balaban J connectivity index is 2.12. The number of anilines is 1. The molecule has 1 aliphatic heterocycles. The normalized spacial score (nSPS) is 17.8. The summed E-state index contributed by atoms with van der Waals surface area (Å²) in [6.45, 7) is 6.34. The molecule has 1 atom stereocenters. The maximum absolute atomic E-state index is 13.2. The highest BCUT2D eigenvalue weighted by Crippen LogP contribution is 2.25. The highest BCUT2D eigenvalue weighted by molar-refractivity contribution is 6.00. The van der Waals surface area contributed by atoms with Gasteiger partial charge in [0, 0.05) is 25.8 Å². The van der Waals surface area contributed by atoms with Gasteiger partial charge >= 0.3 is 6.03 Å². The zero-order valence-electron chi connectivity index (χ0n) is 13.5. The number of nitrogens with zero attached hydrogens (tertiary/aromatic N) is 2. The number of halogens is 1. The predicted octanol–water partition coefficient (Wildman–Crippen LogP) is 2.46. The van der Waals surface area contributed by atoms with Gasteiger partial charge in [0.1, 0.15) is 11.9 Å². The first-order valence-corrected chi connectivity index (χ1v) is 7.64. The number of likely N-dealkylation sites (N-methyl/N-ethyl adjacent to an activating group) is 1. The van der Waals surface area contributed by atoms with Gasteiger partial charge in [-0.15, -0.1) is 6.58 Å². The lowest BCUT2D eigenvalue weighted by molar-refractivity contribution is -0.121. The molecule has 5 nitrogen and oxygen atoms in total. The largest absolute Gasteiger partial charge is 0.326 e. The Morgan fingerprint density at radius 1 is 1.57 bits per heavy atom. The monoisotopic (exact) mass is 319 g/mol. The van der Waals surface area contributed by atoms with Crippen LogP contribution in [0.4, 0.5) is 14.9 Å². The van der Waals surface area contributed by atoms with Crippen LogP contribution < -0.4 is 10.2 Å². The fourth-order valence-electron chi connectivity index (χ4n) is 2.71. The van der Waals surface area contributed by atoms with Crippen LogP contribution in [0.3, 0.4) is 0 Å². The summed E-state index contributed by atoms with van der Waals surface area (Å²) in [4.78, 5) is 27.8. The molecule has 0 spiro atoms. The van der Waals surface area contributed by atoms with Crippen LogP contribution in [0.25, 0.3) is 0 Å². The molecule has 2 rings (SSSR count). The molecule has 0 aromatic heterocycles. The minimum absolute atomic E-state index is 0.161. The maximum atomic E-state index is 13.2. The number of nitrogens with one attached hydrogen (secondary N) is 1. The highest BCUT2D eigenvalue weighted by Gasteiger charge is 2.31. The summed E-state index contributed by atoms with van der Waals surface area (Å²) < 4.78 is 13.2. The molecular weight excluding hydrogens is 297 g/mol. The van der Waals surface area contributed by atoms with Crippen LogP contribution in [-0.2, 0) is 4.79 Å². The second-order valence-electron chi connectivity index (χ2n) is 5.73. The van der Waals surface area contributed by atoms with Gasteiger partial charge in [-0.25, -0.2) is 9.18 Å². The average molecular weight is 319 g/mol. The Bertz CT molecular complexity index is 618. The van der Waals surface area contributed by atoms with Gasteiger partial charge in [-0.2, -0.15) is 0 Å². The fraction of sp³-hybridized carbons (Fsp3) is 0.412. The van der Waals surface area contributed by atoms with Gasteiger partial charge in [0.25, 0.3) is 0 Å². The van der Waals surface area contributed by atoms with Crippen molar-refractivity contribution in [1.82, 2.24) is 10.2 Å². The smallest absolute Gasteiger partial charge is 0.318 e. The van der Waals surface area contributed by atoms with Crippen molar-refractivity contribution >= 4 is 17.6 Å². The summed E-state index contributed by atoms with van der Waals surface area (Å²) in [5.74, 6) is -0.488. The average Bonchev–Trinajstić information content (AvgIpc) is 2.50. The number of amides is 3. The molecule has 1 heterocycles. The van der Waals surface area contributed by atoms with E-state index < -0.39 is 6.04 Å². The van der Waals surface area contributed by atoms with Gasteiger partial charge in [0.05, 0.1) is 0 Å². The molecule has 0 bridgehead atoms. The molecule has 1 saturated heterocycles. The molecule has 124 valence electrons. The Labute approximate surface area is 135 Å². The van der Waals surface area contributed by atoms with E-state index in [0.29, 0.717) is 30.8 Å². The third kappa shape index (κ3) is 3.88. The Hall–Kier alpha value is -2.37. The standard InChI is InChI=1S/C17H22FN3O2/c1-4-9-20(3)17(23)19-14-6-5-10-21(16(14)22)15-8-7-13(18)11-12(15)2/h4,7-8,11,14H,1,5-6,9-10H2,2-3H3,(H,19,23)/t14-/m1/s1. The highest BCUT2D eigenvalue weighted by atomic mass is 19.1. The summed E-state index contributed by atoms with van der Waals surface area (Å²) in [5, 5.41) is 2.76. The molecule has 3 amide bonds. The fourth-order valence-corrected chi connectivity index (χ4v) is 2.71. The van der Waals surface area contributed by atoms with E-state index in [-0.39, 0.29) is 17.8 Å². The molecule has 1 aromatic carbocycles. The second-order valence-corrected chi connectivity index (χ2v) is 5.73. The van der Waals surface area contributed by atoms with Crippen molar-refractivity contribution in [3.63, 3.8) is 0 Å². The molecule has 23 heavy (non-hydrogen) atoms. The van der Waals surface area contributed by atoms with Gasteiger partial charge in [-0.05, 0) is 43.5 Å². The third-order valence-corrected chi connectivity index (χ3v) is 3.94. The van der Waals surface area contributed by atoms with E-state index in [4.69, 9.17) is 0 Å². The van der Waals surface area contributed by atoms with Crippen LogP contribution in [0.15, 0.2) is 30.9 Å². The Kier molecular flexibility index (Phi) is 5.36. The molecule has 0 saturated carbocycles. The van der Waals surface area contributed by atoms with Crippen LogP contribution in [0.2, 0.25) is 0 Å². The zero-order valence-corrected chi connectivity index (χ0v) is 13.5. The number of hydrogen-bond donors (Lipinski definition) is 1. The summed E-state index contributed by atoms with van der Waals surface area (Å²) in [6, 6.07) is 3.49. The van der Waals surface area contributed by atoms with Crippen LogP contribution in [0.5, 0.6) is 0 Å².